The van der Waals surface area contributed by atoms with Crippen LogP contribution < -0.4 is 16.2 Å². The lowest BCUT2D eigenvalue weighted by molar-refractivity contribution is 0.0207. The molecule has 1 amide bonds. The van der Waals surface area contributed by atoms with E-state index in [9.17, 15) is 4.79 Å². The van der Waals surface area contributed by atoms with E-state index in [1.54, 1.807) is 25.3 Å². The molecule has 2 atom stereocenters. The number of primary amides is 1. The molecular weight excluding hydrogens is 244 g/mol. The lowest BCUT2D eigenvalue weighted by Crippen LogP contribution is -2.30. The predicted octanol–water partition coefficient (Wildman–Crippen LogP) is 1.70. The summed E-state index contributed by atoms with van der Waals surface area (Å²) >= 11 is 0. The maximum atomic E-state index is 11.4. The number of benzene rings is 1. The van der Waals surface area contributed by atoms with Crippen LogP contribution in [0.5, 0.6) is 5.75 Å². The quantitative estimate of drug-likeness (QED) is 0.810. The molecule has 0 aromatic heterocycles. The first-order valence-corrected chi connectivity index (χ1v) is 6.49. The van der Waals surface area contributed by atoms with Crippen LogP contribution in [-0.2, 0) is 4.74 Å². The fraction of sp³-hybridized carbons (Fsp3) is 0.500. The van der Waals surface area contributed by atoms with Crippen molar-refractivity contribution >= 4 is 11.6 Å². The number of nitrogens with two attached hydrogens (primary N) is 2. The molecule has 1 fully saturated rings. The normalized spacial score (nSPS) is 23.0. The summed E-state index contributed by atoms with van der Waals surface area (Å²) in [6.07, 6.45) is 4.19. The van der Waals surface area contributed by atoms with Gasteiger partial charge in [-0.2, -0.15) is 0 Å². The van der Waals surface area contributed by atoms with Gasteiger partial charge in [-0.1, -0.05) is 0 Å². The Kier molecular flexibility index (Phi) is 4.27. The Hall–Kier alpha value is -1.75. The monoisotopic (exact) mass is 264 g/mol. The molecule has 5 heteroatoms. The molecule has 2 rings (SSSR count). The van der Waals surface area contributed by atoms with Gasteiger partial charge in [0.2, 0.25) is 0 Å². The molecule has 0 saturated heterocycles. The molecule has 4 N–H and O–H groups in total. The second-order valence-corrected chi connectivity index (χ2v) is 4.88. The summed E-state index contributed by atoms with van der Waals surface area (Å²) in [6, 6.07) is 4.96. The van der Waals surface area contributed by atoms with E-state index >= 15 is 0 Å². The Balaban J connectivity index is 2.12. The molecule has 19 heavy (non-hydrogen) atoms. The topological polar surface area (TPSA) is 87.6 Å². The third-order valence-electron chi connectivity index (χ3n) is 3.47. The number of amides is 1. The van der Waals surface area contributed by atoms with Gasteiger partial charge in [0.05, 0.1) is 11.7 Å². The van der Waals surface area contributed by atoms with Crippen LogP contribution in [0.4, 0.5) is 5.69 Å². The number of rotatable bonds is 4. The molecule has 1 aliphatic rings. The van der Waals surface area contributed by atoms with Crippen LogP contribution >= 0.6 is 0 Å². The third kappa shape index (κ3) is 3.38. The Bertz CT molecular complexity index is 462. The number of carbonyl (C=O) groups is 1. The summed E-state index contributed by atoms with van der Waals surface area (Å²) in [5.74, 6) is -0.0233. The van der Waals surface area contributed by atoms with Gasteiger partial charge < -0.3 is 20.9 Å². The molecule has 0 spiro atoms. The average Bonchev–Trinajstić information content (AvgIpc) is 2.41. The number of hydrogen-bond acceptors (Lipinski definition) is 4. The summed E-state index contributed by atoms with van der Waals surface area (Å²) in [4.78, 5) is 11.4. The SMILES string of the molecule is COC1CCCC(Oc2ccc(N)cc2C(N)=O)C1. The predicted molar refractivity (Wildman–Crippen MR) is 73.1 cm³/mol. The lowest BCUT2D eigenvalue weighted by atomic mass is 9.95. The summed E-state index contributed by atoms with van der Waals surface area (Å²) in [5, 5.41) is 0. The van der Waals surface area contributed by atoms with Crippen LogP contribution in [0.3, 0.4) is 0 Å². The van der Waals surface area contributed by atoms with E-state index in [0.29, 0.717) is 17.0 Å². The fourth-order valence-electron chi connectivity index (χ4n) is 2.45. The highest BCUT2D eigenvalue weighted by Gasteiger charge is 2.24. The van der Waals surface area contributed by atoms with Gasteiger partial charge in [-0.3, -0.25) is 4.79 Å². The van der Waals surface area contributed by atoms with Gasteiger partial charge in [0.1, 0.15) is 11.9 Å². The number of methoxy groups -OCH3 is 1. The summed E-state index contributed by atoms with van der Waals surface area (Å²) in [7, 11) is 1.71. The lowest BCUT2D eigenvalue weighted by Gasteiger charge is -2.29. The maximum Gasteiger partial charge on any atom is 0.252 e. The van der Waals surface area contributed by atoms with Crippen LogP contribution in [0.1, 0.15) is 36.0 Å². The minimum absolute atomic E-state index is 0.0559. The van der Waals surface area contributed by atoms with Gasteiger partial charge in [0.15, 0.2) is 0 Å². The van der Waals surface area contributed by atoms with Crippen molar-refractivity contribution in [2.24, 2.45) is 5.73 Å². The molecule has 0 radical (unpaired) electrons. The Morgan fingerprint density at radius 2 is 2.05 bits per heavy atom. The highest BCUT2D eigenvalue weighted by atomic mass is 16.5. The number of ether oxygens (including phenoxy) is 2. The van der Waals surface area contributed by atoms with Gasteiger partial charge in [0, 0.05) is 19.2 Å². The highest BCUT2D eigenvalue weighted by molar-refractivity contribution is 5.96. The van der Waals surface area contributed by atoms with E-state index in [1.807, 2.05) is 0 Å². The molecule has 5 nitrogen and oxygen atoms in total. The first kappa shape index (κ1) is 13.7. The largest absolute Gasteiger partial charge is 0.489 e. The van der Waals surface area contributed by atoms with Crippen molar-refractivity contribution < 1.29 is 14.3 Å². The number of hydrogen-bond donors (Lipinski definition) is 2. The van der Waals surface area contributed by atoms with E-state index in [4.69, 9.17) is 20.9 Å². The minimum Gasteiger partial charge on any atom is -0.489 e. The maximum absolute atomic E-state index is 11.4. The zero-order chi connectivity index (χ0) is 13.8. The zero-order valence-electron chi connectivity index (χ0n) is 11.1. The zero-order valence-corrected chi connectivity index (χ0v) is 11.1. The number of anilines is 1. The van der Waals surface area contributed by atoms with Crippen molar-refractivity contribution in [3.8, 4) is 5.75 Å². The molecule has 0 heterocycles. The molecule has 1 aliphatic carbocycles. The Labute approximate surface area is 112 Å². The van der Waals surface area contributed by atoms with E-state index in [-0.39, 0.29) is 12.2 Å². The second kappa shape index (κ2) is 5.93. The smallest absolute Gasteiger partial charge is 0.252 e. The van der Waals surface area contributed by atoms with Gasteiger partial charge in [-0.05, 0) is 37.5 Å². The van der Waals surface area contributed by atoms with Crippen molar-refractivity contribution in [1.82, 2.24) is 0 Å². The molecule has 0 aliphatic heterocycles. The number of nitrogen functional groups attached to an aromatic ring is 1. The molecular formula is C14H20N2O3. The molecule has 1 aromatic carbocycles. The van der Waals surface area contributed by atoms with Gasteiger partial charge in [-0.25, -0.2) is 0 Å². The van der Waals surface area contributed by atoms with Crippen molar-refractivity contribution in [1.29, 1.82) is 0 Å². The van der Waals surface area contributed by atoms with E-state index in [2.05, 4.69) is 0 Å². The van der Waals surface area contributed by atoms with E-state index in [1.165, 1.54) is 0 Å². The van der Waals surface area contributed by atoms with E-state index in [0.717, 1.165) is 25.7 Å². The Morgan fingerprint density at radius 1 is 1.32 bits per heavy atom. The molecule has 0 bridgehead atoms. The fourth-order valence-corrected chi connectivity index (χ4v) is 2.45. The molecule has 1 aromatic rings. The summed E-state index contributed by atoms with van der Waals surface area (Å²) < 4.78 is 11.3. The number of carbonyl (C=O) groups excluding carboxylic acids is 1. The van der Waals surface area contributed by atoms with Crippen molar-refractivity contribution in [2.75, 3.05) is 12.8 Å². The van der Waals surface area contributed by atoms with Crippen LogP contribution in [0, 0.1) is 0 Å². The van der Waals surface area contributed by atoms with Gasteiger partial charge in [0.25, 0.3) is 5.91 Å². The first-order valence-electron chi connectivity index (χ1n) is 6.49. The van der Waals surface area contributed by atoms with Crippen molar-refractivity contribution in [3.63, 3.8) is 0 Å². The minimum atomic E-state index is -0.526. The highest BCUT2D eigenvalue weighted by Crippen LogP contribution is 2.28. The standard InChI is InChI=1S/C14H20N2O3/c1-18-10-3-2-4-11(8-10)19-13-6-5-9(15)7-12(13)14(16)17/h5-7,10-11H,2-4,8,15H2,1H3,(H2,16,17). The van der Waals surface area contributed by atoms with Crippen LogP contribution in [0.2, 0.25) is 0 Å². The average molecular weight is 264 g/mol. The van der Waals surface area contributed by atoms with Gasteiger partial charge in [-0.15, -0.1) is 0 Å². The van der Waals surface area contributed by atoms with Crippen molar-refractivity contribution in [3.05, 3.63) is 23.8 Å². The van der Waals surface area contributed by atoms with Crippen LogP contribution in [0.25, 0.3) is 0 Å². The summed E-state index contributed by atoms with van der Waals surface area (Å²) in [6.45, 7) is 0. The van der Waals surface area contributed by atoms with Gasteiger partial charge >= 0.3 is 0 Å². The Morgan fingerprint density at radius 3 is 2.74 bits per heavy atom. The molecule has 2 unspecified atom stereocenters. The van der Waals surface area contributed by atoms with Crippen LogP contribution in [0.15, 0.2) is 18.2 Å². The summed E-state index contributed by atoms with van der Waals surface area (Å²) in [5.41, 5.74) is 11.8. The second-order valence-electron chi connectivity index (χ2n) is 4.88. The molecule has 104 valence electrons. The first-order chi connectivity index (χ1) is 9.10. The van der Waals surface area contributed by atoms with Crippen molar-refractivity contribution in [2.45, 2.75) is 37.9 Å². The third-order valence-corrected chi connectivity index (χ3v) is 3.47. The van der Waals surface area contributed by atoms with Crippen LogP contribution in [-0.4, -0.2) is 25.2 Å². The molecule has 1 saturated carbocycles. The van der Waals surface area contributed by atoms with E-state index < -0.39 is 5.91 Å².